The summed E-state index contributed by atoms with van der Waals surface area (Å²) in [7, 11) is 0. The molecule has 0 aliphatic heterocycles. The van der Waals surface area contributed by atoms with Crippen LogP contribution in [0, 0.1) is 0 Å². The summed E-state index contributed by atoms with van der Waals surface area (Å²) < 4.78 is 0. The molecule has 0 fully saturated rings. The van der Waals surface area contributed by atoms with Crippen molar-refractivity contribution in [2.45, 2.75) is 65.7 Å². The molecule has 0 N–H and O–H groups in total. The summed E-state index contributed by atoms with van der Waals surface area (Å²) in [6, 6.07) is 0. The lowest BCUT2D eigenvalue weighted by atomic mass is 10.1. The first-order chi connectivity index (χ1) is 7.22. The highest BCUT2D eigenvalue weighted by Crippen LogP contribution is 2.29. The molecule has 1 heterocycles. The van der Waals surface area contributed by atoms with E-state index in [-0.39, 0.29) is 0 Å². The van der Waals surface area contributed by atoms with E-state index >= 15 is 0 Å². The van der Waals surface area contributed by atoms with E-state index in [0.717, 1.165) is 6.42 Å². The molecular formula is C13H23NS. The maximum absolute atomic E-state index is 4.78. The Labute approximate surface area is 97.9 Å². The standard InChI is InChI=1S/C13H23NS/c1-5-8-10(4)13-14-11(7-3)12(15-13)9-6-2/h10H,5-9H2,1-4H3. The van der Waals surface area contributed by atoms with Gasteiger partial charge < -0.3 is 0 Å². The lowest BCUT2D eigenvalue weighted by Gasteiger charge is -2.04. The van der Waals surface area contributed by atoms with Crippen molar-refractivity contribution in [3.8, 4) is 0 Å². The van der Waals surface area contributed by atoms with Crippen molar-refractivity contribution < 1.29 is 0 Å². The molecule has 0 bridgehead atoms. The summed E-state index contributed by atoms with van der Waals surface area (Å²) in [5, 5.41) is 1.36. The van der Waals surface area contributed by atoms with Gasteiger partial charge >= 0.3 is 0 Å². The predicted octanol–water partition coefficient (Wildman–Crippen LogP) is 4.56. The minimum atomic E-state index is 0.649. The third-order valence-corrected chi connectivity index (χ3v) is 4.14. The largest absolute Gasteiger partial charge is 0.246 e. The van der Waals surface area contributed by atoms with Crippen LogP contribution in [0.15, 0.2) is 0 Å². The second-order valence-corrected chi connectivity index (χ2v) is 5.33. The van der Waals surface area contributed by atoms with Crippen LogP contribution in [0.3, 0.4) is 0 Å². The Morgan fingerprint density at radius 1 is 1.20 bits per heavy atom. The number of nitrogens with zero attached hydrogens (tertiary/aromatic N) is 1. The minimum Gasteiger partial charge on any atom is -0.246 e. The van der Waals surface area contributed by atoms with Crippen molar-refractivity contribution in [2.24, 2.45) is 0 Å². The van der Waals surface area contributed by atoms with Crippen molar-refractivity contribution in [1.29, 1.82) is 0 Å². The van der Waals surface area contributed by atoms with E-state index in [1.807, 2.05) is 11.3 Å². The fraction of sp³-hybridized carbons (Fsp3) is 0.769. The maximum Gasteiger partial charge on any atom is 0.0959 e. The van der Waals surface area contributed by atoms with Crippen molar-refractivity contribution >= 4 is 11.3 Å². The fourth-order valence-electron chi connectivity index (χ4n) is 1.87. The summed E-state index contributed by atoms with van der Waals surface area (Å²) in [4.78, 5) is 6.31. The molecule has 0 aliphatic carbocycles. The van der Waals surface area contributed by atoms with E-state index in [9.17, 15) is 0 Å². The lowest BCUT2D eigenvalue weighted by molar-refractivity contribution is 0.658. The Hall–Kier alpha value is -0.370. The molecule has 86 valence electrons. The van der Waals surface area contributed by atoms with Crippen LogP contribution in [0.25, 0.3) is 0 Å². The third kappa shape index (κ3) is 3.30. The monoisotopic (exact) mass is 225 g/mol. The van der Waals surface area contributed by atoms with Crippen LogP contribution in [0.5, 0.6) is 0 Å². The molecule has 0 radical (unpaired) electrons. The van der Waals surface area contributed by atoms with Gasteiger partial charge in [-0.25, -0.2) is 4.98 Å². The topological polar surface area (TPSA) is 12.9 Å². The van der Waals surface area contributed by atoms with Gasteiger partial charge in [-0.3, -0.25) is 0 Å². The Morgan fingerprint density at radius 2 is 1.93 bits per heavy atom. The van der Waals surface area contributed by atoms with Crippen LogP contribution in [-0.2, 0) is 12.8 Å². The first-order valence-electron chi connectivity index (χ1n) is 6.21. The van der Waals surface area contributed by atoms with E-state index in [4.69, 9.17) is 4.98 Å². The highest BCUT2D eigenvalue weighted by Gasteiger charge is 2.13. The molecule has 0 saturated heterocycles. The molecule has 0 saturated carbocycles. The third-order valence-electron chi connectivity index (χ3n) is 2.75. The van der Waals surface area contributed by atoms with Crippen molar-refractivity contribution in [2.75, 3.05) is 0 Å². The van der Waals surface area contributed by atoms with Gasteiger partial charge in [0.15, 0.2) is 0 Å². The predicted molar refractivity (Wildman–Crippen MR) is 68.8 cm³/mol. The van der Waals surface area contributed by atoms with Crippen LogP contribution < -0.4 is 0 Å². The number of aryl methyl sites for hydroxylation is 2. The van der Waals surface area contributed by atoms with Crippen molar-refractivity contribution in [3.05, 3.63) is 15.6 Å². The van der Waals surface area contributed by atoms with E-state index in [2.05, 4.69) is 27.7 Å². The van der Waals surface area contributed by atoms with E-state index in [1.165, 1.54) is 41.3 Å². The van der Waals surface area contributed by atoms with E-state index in [1.54, 1.807) is 0 Å². The van der Waals surface area contributed by atoms with Crippen LogP contribution in [0.2, 0.25) is 0 Å². The fourth-order valence-corrected chi connectivity index (χ4v) is 3.21. The molecule has 0 spiro atoms. The number of hydrogen-bond donors (Lipinski definition) is 0. The molecule has 1 rings (SSSR count). The van der Waals surface area contributed by atoms with Gasteiger partial charge in [-0.05, 0) is 19.3 Å². The Balaban J connectivity index is 2.81. The Kier molecular flexibility index (Phi) is 5.30. The van der Waals surface area contributed by atoms with Crippen LogP contribution in [0.4, 0.5) is 0 Å². The molecule has 1 atom stereocenters. The molecule has 1 unspecified atom stereocenters. The molecule has 2 heteroatoms. The number of rotatable bonds is 6. The number of aromatic nitrogens is 1. The van der Waals surface area contributed by atoms with Gasteiger partial charge in [-0.15, -0.1) is 11.3 Å². The Morgan fingerprint density at radius 3 is 2.47 bits per heavy atom. The van der Waals surface area contributed by atoms with Gasteiger partial charge in [-0.1, -0.05) is 40.5 Å². The first kappa shape index (κ1) is 12.7. The minimum absolute atomic E-state index is 0.649. The molecule has 1 aromatic heterocycles. The average molecular weight is 225 g/mol. The molecule has 0 amide bonds. The summed E-state index contributed by atoms with van der Waals surface area (Å²) in [5.74, 6) is 0.649. The Bertz CT molecular complexity index is 291. The lowest BCUT2D eigenvalue weighted by Crippen LogP contribution is -1.92. The van der Waals surface area contributed by atoms with E-state index < -0.39 is 0 Å². The van der Waals surface area contributed by atoms with Crippen LogP contribution >= 0.6 is 11.3 Å². The number of hydrogen-bond acceptors (Lipinski definition) is 2. The van der Waals surface area contributed by atoms with Gasteiger partial charge in [0.25, 0.3) is 0 Å². The van der Waals surface area contributed by atoms with Gasteiger partial charge in [0.2, 0.25) is 0 Å². The maximum atomic E-state index is 4.78. The zero-order valence-electron chi connectivity index (χ0n) is 10.5. The zero-order chi connectivity index (χ0) is 11.3. The highest BCUT2D eigenvalue weighted by molar-refractivity contribution is 7.11. The first-order valence-corrected chi connectivity index (χ1v) is 7.02. The van der Waals surface area contributed by atoms with Crippen LogP contribution in [-0.4, -0.2) is 4.98 Å². The zero-order valence-corrected chi connectivity index (χ0v) is 11.3. The summed E-state index contributed by atoms with van der Waals surface area (Å²) in [6.07, 6.45) is 6.05. The smallest absolute Gasteiger partial charge is 0.0959 e. The number of thiazole rings is 1. The SMILES string of the molecule is CCCc1sc(C(C)CCC)nc1CC. The molecular weight excluding hydrogens is 202 g/mol. The summed E-state index contributed by atoms with van der Waals surface area (Å²) in [5.41, 5.74) is 1.35. The molecule has 0 aliphatic rings. The highest BCUT2D eigenvalue weighted by atomic mass is 32.1. The molecule has 1 aromatic rings. The summed E-state index contributed by atoms with van der Waals surface area (Å²) >= 11 is 1.95. The van der Waals surface area contributed by atoms with Gasteiger partial charge in [0.1, 0.15) is 0 Å². The molecule has 0 aromatic carbocycles. The van der Waals surface area contributed by atoms with Crippen molar-refractivity contribution in [1.82, 2.24) is 4.98 Å². The second kappa shape index (κ2) is 6.26. The molecule has 15 heavy (non-hydrogen) atoms. The van der Waals surface area contributed by atoms with Crippen molar-refractivity contribution in [3.63, 3.8) is 0 Å². The van der Waals surface area contributed by atoms with Gasteiger partial charge in [0, 0.05) is 10.8 Å². The average Bonchev–Trinajstić information content (AvgIpc) is 2.62. The molecule has 1 nitrogen and oxygen atoms in total. The van der Waals surface area contributed by atoms with Gasteiger partial charge in [-0.2, -0.15) is 0 Å². The quantitative estimate of drug-likeness (QED) is 0.691. The normalized spacial score (nSPS) is 13.1. The van der Waals surface area contributed by atoms with Crippen LogP contribution in [0.1, 0.15) is 68.5 Å². The summed E-state index contributed by atoms with van der Waals surface area (Å²) in [6.45, 7) is 9.01. The van der Waals surface area contributed by atoms with E-state index in [0.29, 0.717) is 5.92 Å². The second-order valence-electron chi connectivity index (χ2n) is 4.22. The van der Waals surface area contributed by atoms with Gasteiger partial charge in [0.05, 0.1) is 10.7 Å².